The van der Waals surface area contributed by atoms with Crippen molar-refractivity contribution in [2.75, 3.05) is 19.0 Å². The Hall–Kier alpha value is -1.10. The molecular formula is C13H15BrFNO2. The maximum absolute atomic E-state index is 13.8. The van der Waals surface area contributed by atoms with Gasteiger partial charge < -0.3 is 9.64 Å². The first-order valence-electron chi connectivity index (χ1n) is 5.88. The molecule has 0 saturated carbocycles. The number of benzene rings is 1. The Balaban J connectivity index is 2.34. The number of hydrogen-bond acceptors (Lipinski definition) is 2. The molecule has 18 heavy (non-hydrogen) atoms. The number of alkyl halides is 1. The van der Waals surface area contributed by atoms with Crippen LogP contribution in [0.4, 0.5) is 4.39 Å². The van der Waals surface area contributed by atoms with Crippen LogP contribution in [0.2, 0.25) is 0 Å². The quantitative estimate of drug-likeness (QED) is 0.803. The first kappa shape index (κ1) is 13.3. The molecule has 1 aromatic rings. The molecule has 0 bridgehead atoms. The highest BCUT2D eigenvalue weighted by atomic mass is 79.9. The third-order valence-corrected chi connectivity index (χ3v) is 3.97. The summed E-state index contributed by atoms with van der Waals surface area (Å²) in [6.45, 7) is 0.673. The standard InChI is InChI=1S/C13H15BrFNO2/c1-18-11-6-2-5-10(15)12(11)13(17)16-7-3-4-9(16)8-14/h2,5-6,9H,3-4,7-8H2,1H3. The van der Waals surface area contributed by atoms with E-state index < -0.39 is 5.82 Å². The van der Waals surface area contributed by atoms with E-state index in [4.69, 9.17) is 4.74 Å². The molecule has 1 saturated heterocycles. The summed E-state index contributed by atoms with van der Waals surface area (Å²) in [6, 6.07) is 4.57. The van der Waals surface area contributed by atoms with Crippen LogP contribution in [0.15, 0.2) is 18.2 Å². The van der Waals surface area contributed by atoms with E-state index in [1.54, 1.807) is 11.0 Å². The summed E-state index contributed by atoms with van der Waals surface area (Å²) in [5.74, 6) is -0.522. The smallest absolute Gasteiger partial charge is 0.260 e. The van der Waals surface area contributed by atoms with E-state index in [1.807, 2.05) is 0 Å². The lowest BCUT2D eigenvalue weighted by Gasteiger charge is -2.24. The molecule has 1 aliphatic rings. The Labute approximate surface area is 114 Å². The zero-order valence-corrected chi connectivity index (χ0v) is 11.7. The summed E-state index contributed by atoms with van der Waals surface area (Å²) in [7, 11) is 1.44. The third kappa shape index (κ3) is 2.36. The molecule has 0 radical (unpaired) electrons. The average molecular weight is 316 g/mol. The van der Waals surface area contributed by atoms with Gasteiger partial charge in [0.05, 0.1) is 7.11 Å². The maximum Gasteiger partial charge on any atom is 0.260 e. The fourth-order valence-corrected chi connectivity index (χ4v) is 2.96. The third-order valence-electron chi connectivity index (χ3n) is 3.23. The van der Waals surface area contributed by atoms with Crippen LogP contribution in [0.25, 0.3) is 0 Å². The number of carbonyl (C=O) groups excluding carboxylic acids is 1. The van der Waals surface area contributed by atoms with Crippen molar-refractivity contribution in [1.82, 2.24) is 4.90 Å². The molecule has 5 heteroatoms. The van der Waals surface area contributed by atoms with Crippen molar-refractivity contribution in [3.63, 3.8) is 0 Å². The lowest BCUT2D eigenvalue weighted by Crippen LogP contribution is -2.37. The van der Waals surface area contributed by atoms with E-state index in [-0.39, 0.29) is 17.5 Å². The maximum atomic E-state index is 13.8. The molecule has 1 aromatic carbocycles. The fraction of sp³-hybridized carbons (Fsp3) is 0.462. The van der Waals surface area contributed by atoms with E-state index in [0.29, 0.717) is 12.3 Å². The molecular weight excluding hydrogens is 301 g/mol. The van der Waals surface area contributed by atoms with Gasteiger partial charge in [-0.15, -0.1) is 0 Å². The number of ether oxygens (including phenoxy) is 1. The summed E-state index contributed by atoms with van der Waals surface area (Å²) in [5.41, 5.74) is 0.0350. The molecule has 0 spiro atoms. The van der Waals surface area contributed by atoms with Crippen molar-refractivity contribution >= 4 is 21.8 Å². The first-order chi connectivity index (χ1) is 8.69. The van der Waals surface area contributed by atoms with E-state index in [9.17, 15) is 9.18 Å². The van der Waals surface area contributed by atoms with E-state index in [2.05, 4.69) is 15.9 Å². The molecule has 1 fully saturated rings. The van der Waals surface area contributed by atoms with E-state index in [1.165, 1.54) is 19.2 Å². The molecule has 2 rings (SSSR count). The van der Waals surface area contributed by atoms with Crippen molar-refractivity contribution in [3.8, 4) is 5.75 Å². The van der Waals surface area contributed by atoms with Gasteiger partial charge in [0, 0.05) is 17.9 Å². The molecule has 1 unspecified atom stereocenters. The summed E-state index contributed by atoms with van der Waals surface area (Å²) in [4.78, 5) is 14.1. The lowest BCUT2D eigenvalue weighted by molar-refractivity contribution is 0.0742. The molecule has 3 nitrogen and oxygen atoms in total. The second-order valence-electron chi connectivity index (χ2n) is 4.27. The van der Waals surface area contributed by atoms with Crippen LogP contribution in [0.3, 0.4) is 0 Å². The van der Waals surface area contributed by atoms with Crippen molar-refractivity contribution in [3.05, 3.63) is 29.6 Å². The van der Waals surface area contributed by atoms with Gasteiger partial charge in [-0.1, -0.05) is 22.0 Å². The number of halogens is 2. The molecule has 0 aliphatic carbocycles. The molecule has 1 atom stereocenters. The first-order valence-corrected chi connectivity index (χ1v) is 7.00. The number of carbonyl (C=O) groups is 1. The number of amides is 1. The number of likely N-dealkylation sites (tertiary alicyclic amines) is 1. The topological polar surface area (TPSA) is 29.5 Å². The number of rotatable bonds is 3. The van der Waals surface area contributed by atoms with Gasteiger partial charge in [0.2, 0.25) is 0 Å². The normalized spacial score (nSPS) is 19.1. The van der Waals surface area contributed by atoms with Gasteiger partial charge in [0.25, 0.3) is 5.91 Å². The summed E-state index contributed by atoms with van der Waals surface area (Å²) >= 11 is 3.39. The number of nitrogens with zero attached hydrogens (tertiary/aromatic N) is 1. The van der Waals surface area contributed by atoms with Crippen molar-refractivity contribution in [1.29, 1.82) is 0 Å². The van der Waals surface area contributed by atoms with Crippen LogP contribution in [0.5, 0.6) is 5.75 Å². The minimum absolute atomic E-state index is 0.0350. The van der Waals surface area contributed by atoms with Crippen LogP contribution in [0, 0.1) is 5.82 Å². The Morgan fingerprint density at radius 3 is 3.06 bits per heavy atom. The van der Waals surface area contributed by atoms with Crippen LogP contribution in [-0.2, 0) is 0 Å². The molecule has 1 heterocycles. The van der Waals surface area contributed by atoms with Gasteiger partial charge in [0.1, 0.15) is 17.1 Å². The van der Waals surface area contributed by atoms with Crippen LogP contribution < -0.4 is 4.74 Å². The van der Waals surface area contributed by atoms with Gasteiger partial charge in [-0.25, -0.2) is 4.39 Å². The Morgan fingerprint density at radius 1 is 1.61 bits per heavy atom. The molecule has 0 N–H and O–H groups in total. The minimum atomic E-state index is -0.528. The van der Waals surface area contributed by atoms with Crippen molar-refractivity contribution < 1.29 is 13.9 Å². The number of hydrogen-bond donors (Lipinski definition) is 0. The summed E-state index contributed by atoms with van der Waals surface area (Å²) in [6.07, 6.45) is 1.91. The monoisotopic (exact) mass is 315 g/mol. The highest BCUT2D eigenvalue weighted by Gasteiger charge is 2.31. The van der Waals surface area contributed by atoms with Gasteiger partial charge in [-0.2, -0.15) is 0 Å². The van der Waals surface area contributed by atoms with Crippen LogP contribution in [0.1, 0.15) is 23.2 Å². The van der Waals surface area contributed by atoms with Gasteiger partial charge in [0.15, 0.2) is 0 Å². The zero-order valence-electron chi connectivity index (χ0n) is 10.2. The molecule has 1 amide bonds. The van der Waals surface area contributed by atoms with E-state index in [0.717, 1.165) is 18.2 Å². The predicted molar refractivity (Wildman–Crippen MR) is 70.8 cm³/mol. The molecule has 1 aliphatic heterocycles. The van der Waals surface area contributed by atoms with Crippen molar-refractivity contribution in [2.24, 2.45) is 0 Å². The predicted octanol–water partition coefficient (Wildman–Crippen LogP) is 2.83. The largest absolute Gasteiger partial charge is 0.496 e. The summed E-state index contributed by atoms with van der Waals surface area (Å²) in [5, 5.41) is 0.718. The highest BCUT2D eigenvalue weighted by molar-refractivity contribution is 9.09. The van der Waals surface area contributed by atoms with Gasteiger partial charge >= 0.3 is 0 Å². The fourth-order valence-electron chi connectivity index (χ4n) is 2.29. The van der Waals surface area contributed by atoms with E-state index >= 15 is 0 Å². The second-order valence-corrected chi connectivity index (χ2v) is 4.91. The SMILES string of the molecule is COc1cccc(F)c1C(=O)N1CCCC1CBr. The lowest BCUT2D eigenvalue weighted by atomic mass is 10.1. The number of methoxy groups -OCH3 is 1. The molecule has 98 valence electrons. The zero-order chi connectivity index (χ0) is 13.1. The average Bonchev–Trinajstić information content (AvgIpc) is 2.85. The summed E-state index contributed by atoms with van der Waals surface area (Å²) < 4.78 is 18.9. The highest BCUT2D eigenvalue weighted by Crippen LogP contribution is 2.27. The van der Waals surface area contributed by atoms with Crippen LogP contribution >= 0.6 is 15.9 Å². The molecule has 0 aromatic heterocycles. The minimum Gasteiger partial charge on any atom is -0.496 e. The Kier molecular flexibility index (Phi) is 4.22. The van der Waals surface area contributed by atoms with Crippen LogP contribution in [-0.4, -0.2) is 35.8 Å². The van der Waals surface area contributed by atoms with Gasteiger partial charge in [-0.05, 0) is 25.0 Å². The Bertz CT molecular complexity index is 453. The Morgan fingerprint density at radius 2 is 2.39 bits per heavy atom. The second kappa shape index (κ2) is 5.69. The van der Waals surface area contributed by atoms with Crippen molar-refractivity contribution in [2.45, 2.75) is 18.9 Å². The van der Waals surface area contributed by atoms with Gasteiger partial charge in [-0.3, -0.25) is 4.79 Å².